The zero-order chi connectivity index (χ0) is 17.5. The molecule has 1 heterocycles. The minimum atomic E-state index is -4.64. The highest BCUT2D eigenvalue weighted by Crippen LogP contribution is 2.35. The molecule has 3 rings (SSSR count). The fraction of sp³-hybridized carbons (Fsp3) is 0.0769. The van der Waals surface area contributed by atoms with Crippen molar-refractivity contribution in [2.75, 3.05) is 4.72 Å². The molecule has 0 amide bonds. The van der Waals surface area contributed by atoms with E-state index in [1.807, 2.05) is 4.72 Å². The Morgan fingerprint density at radius 1 is 1.12 bits per heavy atom. The number of nitrogens with one attached hydrogen (secondary N) is 1. The highest BCUT2D eigenvalue weighted by Gasteiger charge is 2.31. The lowest BCUT2D eigenvalue weighted by atomic mass is 10.2. The van der Waals surface area contributed by atoms with Crippen LogP contribution in [0.25, 0.3) is 11.0 Å². The van der Waals surface area contributed by atoms with Crippen molar-refractivity contribution in [3.63, 3.8) is 0 Å². The summed E-state index contributed by atoms with van der Waals surface area (Å²) in [5, 5.41) is 6.81. The van der Waals surface area contributed by atoms with Gasteiger partial charge in [-0.25, -0.2) is 13.0 Å². The van der Waals surface area contributed by atoms with Gasteiger partial charge in [0.25, 0.3) is 10.0 Å². The standard InChI is InChI=1S/C13H7ClF3N3O3S/c14-8-5-4-7(13(15,16)17)6-10(8)20-24(21,22)11-3-1-2-9-12(11)19-23-18-9/h1-6,20H. The molecule has 0 aliphatic rings. The Kier molecular flexibility index (Phi) is 3.88. The first-order chi connectivity index (χ1) is 11.2. The first kappa shape index (κ1) is 16.5. The second-order valence-electron chi connectivity index (χ2n) is 4.69. The first-order valence-electron chi connectivity index (χ1n) is 6.29. The summed E-state index contributed by atoms with van der Waals surface area (Å²) in [7, 11) is -4.26. The molecule has 1 aromatic heterocycles. The summed E-state index contributed by atoms with van der Waals surface area (Å²) in [6.07, 6.45) is -4.64. The predicted molar refractivity (Wildman–Crippen MR) is 79.1 cm³/mol. The minimum absolute atomic E-state index is 0.0481. The third-order valence-electron chi connectivity index (χ3n) is 3.08. The van der Waals surface area contributed by atoms with Gasteiger partial charge in [-0.05, 0) is 40.6 Å². The number of aromatic nitrogens is 2. The van der Waals surface area contributed by atoms with Crippen LogP contribution in [-0.4, -0.2) is 18.7 Å². The van der Waals surface area contributed by atoms with Crippen LogP contribution >= 0.6 is 11.6 Å². The number of hydrogen-bond acceptors (Lipinski definition) is 5. The van der Waals surface area contributed by atoms with Crippen LogP contribution in [0.1, 0.15) is 5.56 Å². The van der Waals surface area contributed by atoms with Crippen molar-refractivity contribution in [2.45, 2.75) is 11.1 Å². The Bertz CT molecular complexity index is 1020. The minimum Gasteiger partial charge on any atom is -0.278 e. The second-order valence-corrected chi connectivity index (χ2v) is 6.74. The van der Waals surface area contributed by atoms with Gasteiger partial charge in [0.1, 0.15) is 10.4 Å². The quantitative estimate of drug-likeness (QED) is 0.752. The molecule has 0 unspecified atom stereocenters. The Morgan fingerprint density at radius 2 is 1.88 bits per heavy atom. The first-order valence-corrected chi connectivity index (χ1v) is 8.15. The zero-order valence-corrected chi connectivity index (χ0v) is 13.1. The smallest absolute Gasteiger partial charge is 0.278 e. The highest BCUT2D eigenvalue weighted by molar-refractivity contribution is 7.93. The van der Waals surface area contributed by atoms with Crippen molar-refractivity contribution in [1.82, 2.24) is 10.3 Å². The number of alkyl halides is 3. The molecule has 2 aromatic carbocycles. The Balaban J connectivity index is 2.06. The lowest BCUT2D eigenvalue weighted by molar-refractivity contribution is -0.137. The summed E-state index contributed by atoms with van der Waals surface area (Å²) in [5.74, 6) is 0. The van der Waals surface area contributed by atoms with Crippen molar-refractivity contribution in [2.24, 2.45) is 0 Å². The summed E-state index contributed by atoms with van der Waals surface area (Å²) in [4.78, 5) is -0.297. The maximum Gasteiger partial charge on any atom is 0.416 e. The Labute approximate surface area is 138 Å². The van der Waals surface area contributed by atoms with Gasteiger partial charge < -0.3 is 0 Å². The van der Waals surface area contributed by atoms with Crippen LogP contribution in [-0.2, 0) is 16.2 Å². The summed E-state index contributed by atoms with van der Waals surface area (Å²) in [5.41, 5.74) is -1.30. The second kappa shape index (κ2) is 5.64. The predicted octanol–water partition coefficient (Wildman–Crippen LogP) is 3.70. The normalized spacial score (nSPS) is 12.5. The van der Waals surface area contributed by atoms with Gasteiger partial charge >= 0.3 is 6.18 Å². The summed E-state index contributed by atoms with van der Waals surface area (Å²) in [6.45, 7) is 0. The van der Waals surface area contributed by atoms with Gasteiger partial charge in [-0.1, -0.05) is 17.7 Å². The number of fused-ring (bicyclic) bond motifs is 1. The molecule has 24 heavy (non-hydrogen) atoms. The van der Waals surface area contributed by atoms with Gasteiger partial charge in [0, 0.05) is 0 Å². The third-order valence-corrected chi connectivity index (χ3v) is 4.80. The highest BCUT2D eigenvalue weighted by atomic mass is 35.5. The molecular formula is C13H7ClF3N3O3S. The molecule has 0 radical (unpaired) electrons. The monoisotopic (exact) mass is 377 g/mol. The van der Waals surface area contributed by atoms with Crippen LogP contribution in [0.5, 0.6) is 0 Å². The zero-order valence-electron chi connectivity index (χ0n) is 11.5. The average molecular weight is 378 g/mol. The van der Waals surface area contributed by atoms with Gasteiger partial charge in [-0.2, -0.15) is 13.2 Å². The molecule has 126 valence electrons. The van der Waals surface area contributed by atoms with Crippen LogP contribution in [0.3, 0.4) is 0 Å². The summed E-state index contributed by atoms with van der Waals surface area (Å²) >= 11 is 5.80. The fourth-order valence-electron chi connectivity index (χ4n) is 1.98. The van der Waals surface area contributed by atoms with Crippen molar-refractivity contribution >= 4 is 38.3 Å². The molecule has 0 saturated heterocycles. The van der Waals surface area contributed by atoms with E-state index in [0.717, 1.165) is 12.1 Å². The number of hydrogen-bond donors (Lipinski definition) is 1. The molecule has 0 saturated carbocycles. The van der Waals surface area contributed by atoms with E-state index < -0.39 is 27.5 Å². The number of sulfonamides is 1. The molecule has 11 heteroatoms. The van der Waals surface area contributed by atoms with Crippen LogP contribution in [0.15, 0.2) is 45.9 Å². The number of halogens is 4. The molecule has 6 nitrogen and oxygen atoms in total. The molecule has 3 aromatic rings. The Hall–Kier alpha value is -2.33. The van der Waals surface area contributed by atoms with E-state index in [0.29, 0.717) is 6.07 Å². The Morgan fingerprint density at radius 3 is 2.58 bits per heavy atom. The number of anilines is 1. The van der Waals surface area contributed by atoms with Crippen LogP contribution < -0.4 is 4.72 Å². The largest absolute Gasteiger partial charge is 0.416 e. The van der Waals surface area contributed by atoms with Crippen molar-refractivity contribution < 1.29 is 26.2 Å². The van der Waals surface area contributed by atoms with Crippen molar-refractivity contribution in [1.29, 1.82) is 0 Å². The van der Waals surface area contributed by atoms with E-state index >= 15 is 0 Å². The molecular weight excluding hydrogens is 371 g/mol. The molecule has 0 spiro atoms. The molecule has 0 fully saturated rings. The van der Waals surface area contributed by atoms with Gasteiger partial charge in [0.2, 0.25) is 0 Å². The topological polar surface area (TPSA) is 85.1 Å². The summed E-state index contributed by atoms with van der Waals surface area (Å²) in [6, 6.07) is 6.41. The van der Waals surface area contributed by atoms with E-state index in [1.165, 1.54) is 18.2 Å². The van der Waals surface area contributed by atoms with Crippen molar-refractivity contribution in [3.8, 4) is 0 Å². The molecule has 0 bridgehead atoms. The van der Waals surface area contributed by atoms with Crippen molar-refractivity contribution in [3.05, 3.63) is 47.0 Å². The van der Waals surface area contributed by atoms with Crippen LogP contribution in [0, 0.1) is 0 Å². The van der Waals surface area contributed by atoms with Crippen LogP contribution in [0.4, 0.5) is 18.9 Å². The van der Waals surface area contributed by atoms with E-state index in [1.54, 1.807) is 0 Å². The molecule has 0 aliphatic heterocycles. The third kappa shape index (κ3) is 3.02. The average Bonchev–Trinajstić information content (AvgIpc) is 2.96. The van der Waals surface area contributed by atoms with E-state index in [4.69, 9.17) is 11.6 Å². The maximum absolute atomic E-state index is 12.8. The lowest BCUT2D eigenvalue weighted by Crippen LogP contribution is -2.15. The maximum atomic E-state index is 12.8. The van der Waals surface area contributed by atoms with Crippen LogP contribution in [0.2, 0.25) is 5.02 Å². The van der Waals surface area contributed by atoms with E-state index in [-0.39, 0.29) is 21.0 Å². The summed E-state index contributed by atoms with van der Waals surface area (Å²) < 4.78 is 69.7. The number of nitrogens with zero attached hydrogens (tertiary/aromatic N) is 2. The lowest BCUT2D eigenvalue weighted by Gasteiger charge is -2.13. The van der Waals surface area contributed by atoms with Gasteiger partial charge in [-0.15, -0.1) is 0 Å². The van der Waals surface area contributed by atoms with E-state index in [9.17, 15) is 21.6 Å². The molecule has 0 aliphatic carbocycles. The van der Waals surface area contributed by atoms with E-state index in [2.05, 4.69) is 14.9 Å². The fourth-order valence-corrected chi connectivity index (χ4v) is 3.42. The number of benzene rings is 2. The van der Waals surface area contributed by atoms with Gasteiger partial charge in [0.05, 0.1) is 16.3 Å². The van der Waals surface area contributed by atoms with Gasteiger partial charge in [-0.3, -0.25) is 4.72 Å². The molecule has 1 N–H and O–H groups in total. The SMILES string of the molecule is O=S(=O)(Nc1cc(C(F)(F)F)ccc1Cl)c1cccc2nonc12. The number of rotatable bonds is 3. The van der Waals surface area contributed by atoms with Gasteiger partial charge in [0.15, 0.2) is 5.52 Å². The molecule has 0 atom stereocenters.